The second-order valence-corrected chi connectivity index (χ2v) is 8.49. The van der Waals surface area contributed by atoms with E-state index >= 15 is 0 Å². The lowest BCUT2D eigenvalue weighted by Crippen LogP contribution is -2.36. The minimum absolute atomic E-state index is 0.0448. The van der Waals surface area contributed by atoms with Gasteiger partial charge in [0.05, 0.1) is 29.7 Å². The van der Waals surface area contributed by atoms with E-state index in [0.717, 1.165) is 41.9 Å². The van der Waals surface area contributed by atoms with E-state index < -0.39 is 0 Å². The zero-order chi connectivity index (χ0) is 18.8. The number of amides is 3. The van der Waals surface area contributed by atoms with Gasteiger partial charge in [-0.2, -0.15) is 11.8 Å². The van der Waals surface area contributed by atoms with Crippen LogP contribution in [0.3, 0.4) is 0 Å². The predicted molar refractivity (Wildman–Crippen MR) is 107 cm³/mol. The molecule has 8 heteroatoms. The number of hydrogen-bond acceptors (Lipinski definition) is 4. The maximum Gasteiger partial charge on any atom is 0.315 e. The Balaban J connectivity index is 1.18. The summed E-state index contributed by atoms with van der Waals surface area (Å²) in [6, 6.07) is 8.44. The third kappa shape index (κ3) is 3.90. The molecule has 0 bridgehead atoms. The van der Waals surface area contributed by atoms with Gasteiger partial charge in [0.1, 0.15) is 5.82 Å². The number of thioether (sulfide) groups is 1. The van der Waals surface area contributed by atoms with Gasteiger partial charge in [-0.1, -0.05) is 18.6 Å². The summed E-state index contributed by atoms with van der Waals surface area (Å²) in [5.74, 6) is 1.91. The first-order valence-corrected chi connectivity index (χ1v) is 10.5. The van der Waals surface area contributed by atoms with Gasteiger partial charge in [0.2, 0.25) is 5.91 Å². The molecule has 144 valence electrons. The number of urea groups is 1. The van der Waals surface area contributed by atoms with Crippen molar-refractivity contribution in [3.8, 4) is 0 Å². The van der Waals surface area contributed by atoms with Crippen LogP contribution < -0.4 is 16.0 Å². The van der Waals surface area contributed by atoms with E-state index in [0.29, 0.717) is 18.2 Å². The normalized spacial score (nSPS) is 23.9. The zero-order valence-corrected chi connectivity index (χ0v) is 16.2. The highest BCUT2D eigenvalue weighted by Crippen LogP contribution is 2.33. The number of fused-ring (bicyclic) bond motifs is 2. The molecule has 2 aromatic rings. The fourth-order valence-electron chi connectivity index (χ4n) is 3.89. The smallest absolute Gasteiger partial charge is 0.315 e. The van der Waals surface area contributed by atoms with Crippen molar-refractivity contribution in [3.05, 3.63) is 30.1 Å². The SMILES string of the molecule is Cn1c(CNC(=O)CCCC[C@@H]2SC[C@@H]3NC(=O)N[C@@H]32)nc2ccccc21. The molecule has 1 aromatic heterocycles. The average Bonchev–Trinajstić information content (AvgIpc) is 3.30. The molecule has 4 rings (SSSR count). The third-order valence-corrected chi connectivity index (χ3v) is 6.91. The minimum atomic E-state index is -0.0448. The molecule has 2 saturated heterocycles. The average molecular weight is 388 g/mol. The molecule has 1 aromatic carbocycles. The molecule has 0 aliphatic carbocycles. The lowest BCUT2D eigenvalue weighted by Gasteiger charge is -2.16. The highest BCUT2D eigenvalue weighted by molar-refractivity contribution is 8.00. The minimum Gasteiger partial charge on any atom is -0.349 e. The molecule has 3 amide bonds. The molecular weight excluding hydrogens is 362 g/mol. The number of nitrogens with one attached hydrogen (secondary N) is 3. The molecule has 3 heterocycles. The van der Waals surface area contributed by atoms with E-state index in [1.807, 2.05) is 47.6 Å². The van der Waals surface area contributed by atoms with Crippen LogP contribution in [0.25, 0.3) is 11.0 Å². The number of aromatic nitrogens is 2. The van der Waals surface area contributed by atoms with Crippen molar-refractivity contribution in [2.24, 2.45) is 7.05 Å². The molecule has 3 N–H and O–H groups in total. The Hall–Kier alpha value is -2.22. The molecule has 2 aliphatic heterocycles. The monoisotopic (exact) mass is 387 g/mol. The molecule has 0 saturated carbocycles. The second kappa shape index (κ2) is 7.80. The van der Waals surface area contributed by atoms with Crippen LogP contribution in [0.15, 0.2) is 24.3 Å². The number of carbonyl (C=O) groups excluding carboxylic acids is 2. The molecule has 0 radical (unpaired) electrons. The summed E-state index contributed by atoms with van der Waals surface area (Å²) >= 11 is 1.92. The Labute approximate surface area is 162 Å². The van der Waals surface area contributed by atoms with Crippen LogP contribution in [0.2, 0.25) is 0 Å². The van der Waals surface area contributed by atoms with Crippen LogP contribution in [0.4, 0.5) is 4.79 Å². The van der Waals surface area contributed by atoms with E-state index in [-0.39, 0.29) is 24.0 Å². The van der Waals surface area contributed by atoms with E-state index in [2.05, 4.69) is 20.9 Å². The Morgan fingerprint density at radius 1 is 1.33 bits per heavy atom. The van der Waals surface area contributed by atoms with E-state index in [1.165, 1.54) is 0 Å². The van der Waals surface area contributed by atoms with Gasteiger partial charge in [-0.15, -0.1) is 0 Å². The molecule has 7 nitrogen and oxygen atoms in total. The van der Waals surface area contributed by atoms with E-state index in [9.17, 15) is 9.59 Å². The number of carbonyl (C=O) groups is 2. The maximum absolute atomic E-state index is 12.1. The first-order chi connectivity index (χ1) is 13.1. The Kier molecular flexibility index (Phi) is 5.24. The van der Waals surface area contributed by atoms with Crippen molar-refractivity contribution < 1.29 is 9.59 Å². The molecular formula is C19H25N5O2S. The Morgan fingerprint density at radius 2 is 2.19 bits per heavy atom. The molecule has 0 unspecified atom stereocenters. The quantitative estimate of drug-likeness (QED) is 0.500. The van der Waals surface area contributed by atoms with Crippen molar-refractivity contribution in [2.45, 2.75) is 49.6 Å². The summed E-state index contributed by atoms with van der Waals surface area (Å²) < 4.78 is 2.02. The standard InChI is InChI=1S/C19H25N5O2S/c1-24-14-7-3-2-6-12(14)21-16(24)10-20-17(25)9-5-4-8-15-18-13(11-27-15)22-19(26)23-18/h2-3,6-7,13,15,18H,4-5,8-11H2,1H3,(H,20,25)(H2,22,23,26)/t13-,15-,18-/m0/s1. The second-order valence-electron chi connectivity index (χ2n) is 7.22. The maximum atomic E-state index is 12.1. The summed E-state index contributed by atoms with van der Waals surface area (Å²) in [6.07, 6.45) is 3.42. The van der Waals surface area contributed by atoms with Crippen LogP contribution in [-0.4, -0.2) is 44.6 Å². The molecule has 2 aliphatic rings. The topological polar surface area (TPSA) is 88.0 Å². The van der Waals surface area contributed by atoms with Crippen molar-refractivity contribution in [3.63, 3.8) is 0 Å². The van der Waals surface area contributed by atoms with Crippen LogP contribution >= 0.6 is 11.8 Å². The van der Waals surface area contributed by atoms with Gasteiger partial charge in [0.25, 0.3) is 0 Å². The molecule has 27 heavy (non-hydrogen) atoms. The van der Waals surface area contributed by atoms with Gasteiger partial charge < -0.3 is 20.5 Å². The van der Waals surface area contributed by atoms with Crippen molar-refractivity contribution in [1.82, 2.24) is 25.5 Å². The van der Waals surface area contributed by atoms with Crippen LogP contribution in [-0.2, 0) is 18.4 Å². The summed E-state index contributed by atoms with van der Waals surface area (Å²) in [6.45, 7) is 0.448. The van der Waals surface area contributed by atoms with Crippen LogP contribution in [0, 0.1) is 0 Å². The van der Waals surface area contributed by atoms with Gasteiger partial charge in [-0.3, -0.25) is 4.79 Å². The lowest BCUT2D eigenvalue weighted by molar-refractivity contribution is -0.121. The highest BCUT2D eigenvalue weighted by atomic mass is 32.2. The van der Waals surface area contributed by atoms with Gasteiger partial charge >= 0.3 is 6.03 Å². The summed E-state index contributed by atoms with van der Waals surface area (Å²) in [5.41, 5.74) is 2.02. The molecule has 0 spiro atoms. The molecule has 3 atom stereocenters. The fourth-order valence-corrected chi connectivity index (χ4v) is 5.44. The number of imidazole rings is 1. The number of rotatable bonds is 7. The lowest BCUT2D eigenvalue weighted by atomic mass is 10.0. The van der Waals surface area contributed by atoms with Gasteiger partial charge in [0, 0.05) is 24.5 Å². The van der Waals surface area contributed by atoms with E-state index in [4.69, 9.17) is 0 Å². The van der Waals surface area contributed by atoms with Gasteiger partial charge in [-0.05, 0) is 25.0 Å². The van der Waals surface area contributed by atoms with Gasteiger partial charge in [0.15, 0.2) is 0 Å². The first-order valence-electron chi connectivity index (χ1n) is 9.47. The number of nitrogens with zero attached hydrogens (tertiary/aromatic N) is 2. The Bertz CT molecular complexity index is 852. The first kappa shape index (κ1) is 18.2. The van der Waals surface area contributed by atoms with Crippen molar-refractivity contribution in [1.29, 1.82) is 0 Å². The number of benzene rings is 1. The Morgan fingerprint density at radius 3 is 3.04 bits per heavy atom. The van der Waals surface area contributed by atoms with Crippen molar-refractivity contribution in [2.75, 3.05) is 5.75 Å². The number of aryl methyl sites for hydroxylation is 1. The number of hydrogen-bond donors (Lipinski definition) is 3. The summed E-state index contributed by atoms with van der Waals surface area (Å²) in [5, 5.41) is 9.40. The summed E-state index contributed by atoms with van der Waals surface area (Å²) in [4.78, 5) is 28.1. The number of para-hydroxylation sites is 2. The highest BCUT2D eigenvalue weighted by Gasteiger charge is 2.42. The zero-order valence-electron chi connectivity index (χ0n) is 15.4. The van der Waals surface area contributed by atoms with Crippen LogP contribution in [0.1, 0.15) is 31.5 Å². The molecule has 2 fully saturated rings. The fraction of sp³-hybridized carbons (Fsp3) is 0.526. The summed E-state index contributed by atoms with van der Waals surface area (Å²) in [7, 11) is 1.97. The van der Waals surface area contributed by atoms with Crippen molar-refractivity contribution >= 4 is 34.7 Å². The van der Waals surface area contributed by atoms with Crippen LogP contribution in [0.5, 0.6) is 0 Å². The largest absolute Gasteiger partial charge is 0.349 e. The number of unbranched alkanes of at least 4 members (excludes halogenated alkanes) is 1. The van der Waals surface area contributed by atoms with E-state index in [1.54, 1.807) is 0 Å². The third-order valence-electron chi connectivity index (χ3n) is 5.40. The van der Waals surface area contributed by atoms with Gasteiger partial charge in [-0.25, -0.2) is 9.78 Å². The predicted octanol–water partition coefficient (Wildman–Crippen LogP) is 1.92.